The normalized spacial score (nSPS) is 25.1. The van der Waals surface area contributed by atoms with Crippen LogP contribution in [0, 0.1) is 12.8 Å². The molecular weight excluding hydrogens is 230 g/mol. The molecule has 1 nitrogen and oxygen atoms in total. The number of aryl methyl sites for hydroxylation is 1. The van der Waals surface area contributed by atoms with Crippen LogP contribution in [0.25, 0.3) is 0 Å². The van der Waals surface area contributed by atoms with Crippen LogP contribution in [-0.2, 0) is 5.88 Å². The van der Waals surface area contributed by atoms with Crippen LogP contribution in [0.15, 0.2) is 18.2 Å². The van der Waals surface area contributed by atoms with Crippen molar-refractivity contribution in [3.8, 4) is 0 Å². The Bertz CT molecular complexity index is 389. The Morgan fingerprint density at radius 1 is 1.35 bits per heavy atom. The third-order valence-corrected chi connectivity index (χ3v) is 4.41. The highest BCUT2D eigenvalue weighted by Gasteiger charge is 2.25. The fourth-order valence-corrected chi connectivity index (χ4v) is 2.96. The lowest BCUT2D eigenvalue weighted by Crippen LogP contribution is -2.42. The predicted octanol–water partition coefficient (Wildman–Crippen LogP) is 4.36. The largest absolute Gasteiger partial charge is 0.368 e. The third-order valence-electron chi connectivity index (χ3n) is 4.10. The SMILES string of the molecule is Cc1cc(CCl)ccc1N1CCCC(C)C1C. The first-order chi connectivity index (χ1) is 8.13. The van der Waals surface area contributed by atoms with Gasteiger partial charge in [0.1, 0.15) is 0 Å². The van der Waals surface area contributed by atoms with E-state index in [2.05, 4.69) is 43.9 Å². The smallest absolute Gasteiger partial charge is 0.0474 e. The summed E-state index contributed by atoms with van der Waals surface area (Å²) in [7, 11) is 0. The molecular formula is C15H22ClN. The first-order valence-corrected chi connectivity index (χ1v) is 7.09. The fraction of sp³-hybridized carbons (Fsp3) is 0.600. The monoisotopic (exact) mass is 251 g/mol. The zero-order valence-electron chi connectivity index (χ0n) is 11.0. The van der Waals surface area contributed by atoms with Gasteiger partial charge in [-0.3, -0.25) is 0 Å². The average Bonchev–Trinajstić information content (AvgIpc) is 2.33. The van der Waals surface area contributed by atoms with E-state index in [0.29, 0.717) is 11.9 Å². The zero-order chi connectivity index (χ0) is 12.4. The summed E-state index contributed by atoms with van der Waals surface area (Å²) in [6.07, 6.45) is 2.67. The van der Waals surface area contributed by atoms with Crippen LogP contribution in [0.4, 0.5) is 5.69 Å². The second kappa shape index (κ2) is 5.30. The van der Waals surface area contributed by atoms with Gasteiger partial charge in [0.2, 0.25) is 0 Å². The molecule has 17 heavy (non-hydrogen) atoms. The highest BCUT2D eigenvalue weighted by atomic mass is 35.5. The van der Waals surface area contributed by atoms with E-state index in [9.17, 15) is 0 Å². The molecule has 1 aromatic rings. The van der Waals surface area contributed by atoms with Gasteiger partial charge in [0.05, 0.1) is 0 Å². The van der Waals surface area contributed by atoms with Crippen LogP contribution in [0.1, 0.15) is 37.8 Å². The van der Waals surface area contributed by atoms with Crippen molar-refractivity contribution in [3.05, 3.63) is 29.3 Å². The molecule has 0 radical (unpaired) electrons. The van der Waals surface area contributed by atoms with E-state index in [1.165, 1.54) is 36.2 Å². The molecule has 0 aromatic heterocycles. The quantitative estimate of drug-likeness (QED) is 0.706. The van der Waals surface area contributed by atoms with Crippen LogP contribution < -0.4 is 4.90 Å². The lowest BCUT2D eigenvalue weighted by atomic mass is 9.91. The minimum atomic E-state index is 0.604. The molecule has 1 fully saturated rings. The predicted molar refractivity (Wildman–Crippen MR) is 75.9 cm³/mol. The van der Waals surface area contributed by atoms with E-state index < -0.39 is 0 Å². The summed E-state index contributed by atoms with van der Waals surface area (Å²) >= 11 is 5.88. The molecule has 0 amide bonds. The van der Waals surface area contributed by atoms with E-state index in [-0.39, 0.29) is 0 Å². The van der Waals surface area contributed by atoms with Gasteiger partial charge in [-0.25, -0.2) is 0 Å². The van der Waals surface area contributed by atoms with Crippen molar-refractivity contribution >= 4 is 17.3 Å². The van der Waals surface area contributed by atoms with E-state index in [0.717, 1.165) is 5.92 Å². The molecule has 0 N–H and O–H groups in total. The Kier molecular flexibility index (Phi) is 3.98. The van der Waals surface area contributed by atoms with Crippen molar-refractivity contribution in [1.29, 1.82) is 0 Å². The van der Waals surface area contributed by atoms with Gasteiger partial charge in [-0.2, -0.15) is 0 Å². The molecule has 2 heteroatoms. The standard InChI is InChI=1S/C15H22ClN/c1-11-5-4-8-17(13(11)3)15-7-6-14(10-16)9-12(15)2/h6-7,9,11,13H,4-5,8,10H2,1-3H3. The maximum absolute atomic E-state index is 5.88. The number of halogens is 1. The minimum absolute atomic E-state index is 0.604. The van der Waals surface area contributed by atoms with E-state index in [1.807, 2.05) is 0 Å². The molecule has 0 aliphatic carbocycles. The average molecular weight is 252 g/mol. The lowest BCUT2D eigenvalue weighted by Gasteiger charge is -2.40. The molecule has 0 spiro atoms. The van der Waals surface area contributed by atoms with Crippen LogP contribution in [0.2, 0.25) is 0 Å². The molecule has 1 heterocycles. The van der Waals surface area contributed by atoms with Gasteiger partial charge >= 0.3 is 0 Å². The molecule has 2 rings (SSSR count). The molecule has 1 aliphatic rings. The van der Waals surface area contributed by atoms with Gasteiger partial charge in [-0.15, -0.1) is 11.6 Å². The van der Waals surface area contributed by atoms with Crippen LogP contribution in [0.3, 0.4) is 0 Å². The van der Waals surface area contributed by atoms with Gasteiger partial charge in [0, 0.05) is 24.2 Å². The number of anilines is 1. The van der Waals surface area contributed by atoms with Gasteiger partial charge < -0.3 is 4.90 Å². The highest BCUT2D eigenvalue weighted by molar-refractivity contribution is 6.17. The molecule has 94 valence electrons. The highest BCUT2D eigenvalue weighted by Crippen LogP contribution is 2.31. The van der Waals surface area contributed by atoms with Crippen LogP contribution >= 0.6 is 11.6 Å². The fourth-order valence-electron chi connectivity index (χ4n) is 2.80. The second-order valence-corrected chi connectivity index (χ2v) is 5.58. The Hall–Kier alpha value is -0.690. The van der Waals surface area contributed by atoms with E-state index in [1.54, 1.807) is 0 Å². The van der Waals surface area contributed by atoms with Crippen molar-refractivity contribution in [2.24, 2.45) is 5.92 Å². The number of rotatable bonds is 2. The van der Waals surface area contributed by atoms with Gasteiger partial charge in [-0.05, 0) is 49.8 Å². The summed E-state index contributed by atoms with van der Waals surface area (Å²) in [6.45, 7) is 8.09. The first-order valence-electron chi connectivity index (χ1n) is 6.55. The molecule has 0 bridgehead atoms. The van der Waals surface area contributed by atoms with Crippen molar-refractivity contribution < 1.29 is 0 Å². The van der Waals surface area contributed by atoms with Crippen molar-refractivity contribution in [1.82, 2.24) is 0 Å². The zero-order valence-corrected chi connectivity index (χ0v) is 11.8. The van der Waals surface area contributed by atoms with E-state index >= 15 is 0 Å². The topological polar surface area (TPSA) is 3.24 Å². The summed E-state index contributed by atoms with van der Waals surface area (Å²) in [5.74, 6) is 1.39. The Morgan fingerprint density at radius 2 is 2.12 bits per heavy atom. The number of piperidine rings is 1. The second-order valence-electron chi connectivity index (χ2n) is 5.31. The Morgan fingerprint density at radius 3 is 2.76 bits per heavy atom. The maximum Gasteiger partial charge on any atom is 0.0474 e. The number of alkyl halides is 1. The van der Waals surface area contributed by atoms with Gasteiger partial charge in [0.15, 0.2) is 0 Å². The third kappa shape index (κ3) is 2.60. The van der Waals surface area contributed by atoms with Crippen LogP contribution in [-0.4, -0.2) is 12.6 Å². The molecule has 0 saturated carbocycles. The molecule has 2 atom stereocenters. The maximum atomic E-state index is 5.88. The van der Waals surface area contributed by atoms with E-state index in [4.69, 9.17) is 11.6 Å². The van der Waals surface area contributed by atoms with Gasteiger partial charge in [0.25, 0.3) is 0 Å². The summed E-state index contributed by atoms with van der Waals surface area (Å²) in [5.41, 5.74) is 3.95. The summed E-state index contributed by atoms with van der Waals surface area (Å²) in [5, 5.41) is 0. The van der Waals surface area contributed by atoms with Crippen molar-refractivity contribution in [3.63, 3.8) is 0 Å². The minimum Gasteiger partial charge on any atom is -0.368 e. The molecule has 1 aromatic carbocycles. The van der Waals surface area contributed by atoms with Crippen molar-refractivity contribution in [2.75, 3.05) is 11.4 Å². The summed E-state index contributed by atoms with van der Waals surface area (Å²) < 4.78 is 0. The molecule has 2 unspecified atom stereocenters. The summed E-state index contributed by atoms with van der Waals surface area (Å²) in [4.78, 5) is 2.56. The lowest BCUT2D eigenvalue weighted by molar-refractivity contribution is 0.363. The molecule has 1 saturated heterocycles. The van der Waals surface area contributed by atoms with Crippen molar-refractivity contribution in [2.45, 2.75) is 45.5 Å². The van der Waals surface area contributed by atoms with Crippen LogP contribution in [0.5, 0.6) is 0 Å². The number of benzene rings is 1. The van der Waals surface area contributed by atoms with Gasteiger partial charge in [-0.1, -0.05) is 19.1 Å². The summed E-state index contributed by atoms with van der Waals surface area (Å²) in [6, 6.07) is 7.25. The number of hydrogen-bond donors (Lipinski definition) is 0. The number of hydrogen-bond acceptors (Lipinski definition) is 1. The molecule has 1 aliphatic heterocycles. The first kappa shape index (κ1) is 12.8. The Balaban J connectivity index is 2.27. The Labute approximate surface area is 110 Å². The number of nitrogens with zero attached hydrogens (tertiary/aromatic N) is 1.